The smallest absolute Gasteiger partial charge is 0.300 e. The first-order chi connectivity index (χ1) is 21.1. The van der Waals surface area contributed by atoms with Crippen molar-refractivity contribution >= 4 is 23.1 Å². The van der Waals surface area contributed by atoms with Gasteiger partial charge >= 0.3 is 0 Å². The zero-order valence-corrected chi connectivity index (χ0v) is 26.0. The van der Waals surface area contributed by atoms with E-state index in [2.05, 4.69) is 20.8 Å². The van der Waals surface area contributed by atoms with Gasteiger partial charge in [-0.05, 0) is 71.3 Å². The van der Waals surface area contributed by atoms with Gasteiger partial charge in [0.2, 0.25) is 0 Å². The van der Waals surface area contributed by atoms with Gasteiger partial charge in [-0.2, -0.15) is 0 Å². The summed E-state index contributed by atoms with van der Waals surface area (Å²) in [6.45, 7) is 11.2. The Morgan fingerprint density at radius 2 is 1.52 bits per heavy atom. The van der Waals surface area contributed by atoms with E-state index >= 15 is 0 Å². The van der Waals surface area contributed by atoms with Crippen LogP contribution in [0.4, 0.5) is 5.69 Å². The number of carbonyl (C=O) groups is 2. The van der Waals surface area contributed by atoms with E-state index in [-0.39, 0.29) is 16.7 Å². The summed E-state index contributed by atoms with van der Waals surface area (Å²) in [5.41, 5.74) is 4.52. The Hall–Kier alpha value is -4.84. The van der Waals surface area contributed by atoms with Gasteiger partial charge in [0, 0.05) is 5.56 Å². The van der Waals surface area contributed by atoms with E-state index in [9.17, 15) is 14.7 Å². The standard InChI is InChI=1S/C38H39NO5/c1-6-22-43-32-15-11-10-14-30(32)39-34(27-16-19-29(20-17-27)38(3,4)5)33(36(41)37(39)42)35(40)28-18-21-31(25(2)23-28)44-24-26-12-8-7-9-13-26/h7-21,23,34,40H,6,22,24H2,1-5H3/b35-33-. The van der Waals surface area contributed by atoms with Gasteiger partial charge in [0.05, 0.1) is 23.9 Å². The molecule has 0 aliphatic carbocycles. The maximum atomic E-state index is 13.8. The minimum absolute atomic E-state index is 0.0288. The molecule has 1 unspecified atom stereocenters. The lowest BCUT2D eigenvalue weighted by Crippen LogP contribution is -2.30. The van der Waals surface area contributed by atoms with Crippen molar-refractivity contribution in [3.05, 3.63) is 130 Å². The molecule has 6 heteroatoms. The Morgan fingerprint density at radius 3 is 2.18 bits per heavy atom. The highest BCUT2D eigenvalue weighted by atomic mass is 16.5. The molecule has 1 aliphatic heterocycles. The number of hydrogen-bond acceptors (Lipinski definition) is 5. The molecule has 0 spiro atoms. The zero-order chi connectivity index (χ0) is 31.4. The second kappa shape index (κ2) is 12.8. The number of anilines is 1. The quantitative estimate of drug-likeness (QED) is 0.121. The number of benzene rings is 4. The molecule has 4 aromatic carbocycles. The van der Waals surface area contributed by atoms with Crippen molar-refractivity contribution in [2.45, 2.75) is 59.1 Å². The third kappa shape index (κ3) is 6.25. The lowest BCUT2D eigenvalue weighted by Gasteiger charge is -2.28. The Balaban J connectivity index is 1.59. The van der Waals surface area contributed by atoms with Gasteiger partial charge in [0.15, 0.2) is 0 Å². The molecule has 1 fully saturated rings. The minimum Gasteiger partial charge on any atom is -0.507 e. The lowest BCUT2D eigenvalue weighted by atomic mass is 9.85. The first-order valence-electron chi connectivity index (χ1n) is 15.0. The molecule has 1 aliphatic rings. The van der Waals surface area contributed by atoms with E-state index in [0.29, 0.717) is 41.5 Å². The predicted molar refractivity (Wildman–Crippen MR) is 174 cm³/mol. The number of aliphatic hydroxyl groups excluding tert-OH is 1. The largest absolute Gasteiger partial charge is 0.507 e. The highest BCUT2D eigenvalue weighted by molar-refractivity contribution is 6.52. The number of ether oxygens (including phenoxy) is 2. The van der Waals surface area contributed by atoms with E-state index in [4.69, 9.17) is 9.47 Å². The van der Waals surface area contributed by atoms with Crippen molar-refractivity contribution in [2.75, 3.05) is 11.5 Å². The van der Waals surface area contributed by atoms with Crippen molar-refractivity contribution in [1.82, 2.24) is 0 Å². The zero-order valence-electron chi connectivity index (χ0n) is 26.0. The number of amides is 1. The number of Topliss-reactive ketones (excluding diaryl/α,β-unsaturated/α-hetero) is 1. The summed E-state index contributed by atoms with van der Waals surface area (Å²) < 4.78 is 12.0. The third-order valence-electron chi connectivity index (χ3n) is 7.81. The van der Waals surface area contributed by atoms with Gasteiger partial charge in [0.1, 0.15) is 23.9 Å². The number of hydrogen-bond donors (Lipinski definition) is 1. The number of nitrogens with zero attached hydrogens (tertiary/aromatic N) is 1. The van der Waals surface area contributed by atoms with Crippen LogP contribution in [0, 0.1) is 6.92 Å². The fourth-order valence-corrected chi connectivity index (χ4v) is 5.40. The van der Waals surface area contributed by atoms with Gasteiger partial charge in [-0.3, -0.25) is 14.5 Å². The molecule has 5 rings (SSSR count). The first kappa shape index (κ1) is 30.6. The van der Waals surface area contributed by atoms with Crippen LogP contribution in [-0.2, 0) is 21.6 Å². The van der Waals surface area contributed by atoms with Crippen molar-refractivity contribution < 1.29 is 24.2 Å². The average molecular weight is 590 g/mol. The van der Waals surface area contributed by atoms with Crippen LogP contribution in [0.25, 0.3) is 5.76 Å². The second-order valence-electron chi connectivity index (χ2n) is 12.1. The summed E-state index contributed by atoms with van der Waals surface area (Å²) in [5, 5.41) is 11.7. The molecule has 1 N–H and O–H groups in total. The molecule has 6 nitrogen and oxygen atoms in total. The van der Waals surface area contributed by atoms with Crippen LogP contribution in [0.2, 0.25) is 0 Å². The Bertz CT molecular complexity index is 1680. The summed E-state index contributed by atoms with van der Waals surface area (Å²) in [4.78, 5) is 29.0. The van der Waals surface area contributed by atoms with Crippen LogP contribution in [0.3, 0.4) is 0 Å². The average Bonchev–Trinajstić information content (AvgIpc) is 3.28. The van der Waals surface area contributed by atoms with Gasteiger partial charge in [0.25, 0.3) is 11.7 Å². The number of aryl methyl sites for hydroxylation is 1. The molecule has 0 saturated carbocycles. The fourth-order valence-electron chi connectivity index (χ4n) is 5.40. The monoisotopic (exact) mass is 589 g/mol. The first-order valence-corrected chi connectivity index (χ1v) is 15.0. The van der Waals surface area contributed by atoms with Gasteiger partial charge in [-0.1, -0.05) is 94.4 Å². The van der Waals surface area contributed by atoms with Crippen LogP contribution in [0.15, 0.2) is 103 Å². The molecule has 226 valence electrons. The molecule has 1 atom stereocenters. The lowest BCUT2D eigenvalue weighted by molar-refractivity contribution is -0.132. The molecule has 44 heavy (non-hydrogen) atoms. The highest BCUT2D eigenvalue weighted by Crippen LogP contribution is 2.45. The minimum atomic E-state index is -0.857. The predicted octanol–water partition coefficient (Wildman–Crippen LogP) is 8.29. The van der Waals surface area contributed by atoms with Crippen molar-refractivity contribution in [1.29, 1.82) is 0 Å². The second-order valence-corrected chi connectivity index (χ2v) is 12.1. The maximum Gasteiger partial charge on any atom is 0.300 e. The molecule has 4 aromatic rings. The van der Waals surface area contributed by atoms with Gasteiger partial charge in [-0.25, -0.2) is 0 Å². The summed E-state index contributed by atoms with van der Waals surface area (Å²) in [5.74, 6) is -0.533. The van der Waals surface area contributed by atoms with E-state index in [1.54, 1.807) is 30.3 Å². The molecular weight excluding hydrogens is 550 g/mol. The van der Waals surface area contributed by atoms with Crippen LogP contribution >= 0.6 is 0 Å². The van der Waals surface area contributed by atoms with Crippen molar-refractivity contribution in [3.63, 3.8) is 0 Å². The van der Waals surface area contributed by atoms with Crippen molar-refractivity contribution in [3.8, 4) is 11.5 Å². The highest BCUT2D eigenvalue weighted by Gasteiger charge is 2.47. The number of para-hydroxylation sites is 2. The number of ketones is 1. The number of rotatable bonds is 9. The molecule has 1 saturated heterocycles. The molecule has 0 aromatic heterocycles. The van der Waals surface area contributed by atoms with Gasteiger partial charge in [-0.15, -0.1) is 0 Å². The van der Waals surface area contributed by atoms with E-state index in [0.717, 1.165) is 23.1 Å². The van der Waals surface area contributed by atoms with Crippen LogP contribution in [-0.4, -0.2) is 23.4 Å². The van der Waals surface area contributed by atoms with Crippen LogP contribution in [0.5, 0.6) is 11.5 Å². The van der Waals surface area contributed by atoms with Crippen LogP contribution < -0.4 is 14.4 Å². The summed E-state index contributed by atoms with van der Waals surface area (Å²) >= 11 is 0. The summed E-state index contributed by atoms with van der Waals surface area (Å²) in [6.07, 6.45) is 0.787. The van der Waals surface area contributed by atoms with E-state index in [1.807, 2.05) is 80.6 Å². The third-order valence-corrected chi connectivity index (χ3v) is 7.81. The molecule has 1 heterocycles. The Kier molecular flexibility index (Phi) is 8.91. The Morgan fingerprint density at radius 1 is 0.841 bits per heavy atom. The van der Waals surface area contributed by atoms with E-state index in [1.165, 1.54) is 4.90 Å². The molecule has 0 radical (unpaired) electrons. The SMILES string of the molecule is CCCOc1ccccc1N1C(=O)C(=O)/C(=C(\O)c2ccc(OCc3ccccc3)c(C)c2)C1c1ccc(C(C)(C)C)cc1. The van der Waals surface area contributed by atoms with Crippen molar-refractivity contribution in [2.24, 2.45) is 0 Å². The normalized spacial score (nSPS) is 16.3. The number of aliphatic hydroxyl groups is 1. The van der Waals surface area contributed by atoms with Gasteiger partial charge < -0.3 is 14.6 Å². The maximum absolute atomic E-state index is 13.8. The molecule has 0 bridgehead atoms. The Labute approximate surface area is 259 Å². The summed E-state index contributed by atoms with van der Waals surface area (Å²) in [6, 6.07) is 29.4. The topological polar surface area (TPSA) is 76.1 Å². The van der Waals surface area contributed by atoms with Crippen LogP contribution in [0.1, 0.15) is 68.0 Å². The molecular formula is C38H39NO5. The number of carbonyl (C=O) groups excluding carboxylic acids is 2. The summed E-state index contributed by atoms with van der Waals surface area (Å²) in [7, 11) is 0. The molecule has 1 amide bonds. The fraction of sp³-hybridized carbons (Fsp3) is 0.263. The van der Waals surface area contributed by atoms with E-state index < -0.39 is 17.7 Å².